The minimum atomic E-state index is 0.135. The van der Waals surface area contributed by atoms with Crippen LogP contribution in [0.25, 0.3) is 11.0 Å². The van der Waals surface area contributed by atoms with Gasteiger partial charge >= 0.3 is 0 Å². The Kier molecular flexibility index (Phi) is 3.51. The summed E-state index contributed by atoms with van der Waals surface area (Å²) in [6.45, 7) is 2.38. The lowest BCUT2D eigenvalue weighted by atomic mass is 10.1. The molecule has 1 aromatic heterocycles. The first kappa shape index (κ1) is 12.2. The molecule has 0 bridgehead atoms. The molecule has 1 amide bonds. The van der Waals surface area contributed by atoms with E-state index in [1.807, 2.05) is 30.3 Å². The van der Waals surface area contributed by atoms with E-state index in [1.54, 1.807) is 0 Å². The zero-order valence-electron chi connectivity index (χ0n) is 10.8. The normalized spacial score (nSPS) is 18.8. The van der Waals surface area contributed by atoms with Crippen LogP contribution in [0.3, 0.4) is 0 Å². The molecule has 0 radical (unpaired) electrons. The third-order valence-electron chi connectivity index (χ3n) is 3.58. The van der Waals surface area contributed by atoms with E-state index in [2.05, 4.69) is 10.6 Å². The van der Waals surface area contributed by atoms with E-state index in [0.717, 1.165) is 42.7 Å². The van der Waals surface area contributed by atoms with Crippen LogP contribution >= 0.6 is 0 Å². The maximum Gasteiger partial charge on any atom is 0.224 e. The van der Waals surface area contributed by atoms with E-state index in [1.165, 1.54) is 0 Å². The standard InChI is InChI=1S/C15H18N2O2/c18-15(12-5-7-16-10-12)17-8-6-13-9-11-3-1-2-4-14(11)19-13/h1-4,9,12,16H,5-8,10H2,(H,17,18). The molecule has 3 rings (SSSR count). The number of para-hydroxylation sites is 1. The molecule has 4 heteroatoms. The summed E-state index contributed by atoms with van der Waals surface area (Å²) < 4.78 is 5.71. The van der Waals surface area contributed by atoms with Gasteiger partial charge < -0.3 is 15.1 Å². The molecule has 19 heavy (non-hydrogen) atoms. The maximum atomic E-state index is 11.8. The highest BCUT2D eigenvalue weighted by Crippen LogP contribution is 2.18. The average molecular weight is 258 g/mol. The Morgan fingerprint density at radius 1 is 1.42 bits per heavy atom. The van der Waals surface area contributed by atoms with Crippen molar-refractivity contribution in [2.24, 2.45) is 5.92 Å². The number of carbonyl (C=O) groups is 1. The first-order chi connectivity index (χ1) is 9.33. The highest BCUT2D eigenvalue weighted by Gasteiger charge is 2.21. The monoisotopic (exact) mass is 258 g/mol. The number of benzene rings is 1. The Labute approximate surface area is 112 Å². The van der Waals surface area contributed by atoms with Gasteiger partial charge in [-0.25, -0.2) is 0 Å². The van der Waals surface area contributed by atoms with Crippen LogP contribution in [0.1, 0.15) is 12.2 Å². The van der Waals surface area contributed by atoms with Crippen molar-refractivity contribution in [1.82, 2.24) is 10.6 Å². The minimum Gasteiger partial charge on any atom is -0.461 e. The SMILES string of the molecule is O=C(NCCc1cc2ccccc2o1)C1CCNC1. The largest absolute Gasteiger partial charge is 0.461 e. The van der Waals surface area contributed by atoms with E-state index in [4.69, 9.17) is 4.42 Å². The van der Waals surface area contributed by atoms with Crippen molar-refractivity contribution >= 4 is 16.9 Å². The second kappa shape index (κ2) is 5.45. The number of rotatable bonds is 4. The molecule has 0 aliphatic carbocycles. The fraction of sp³-hybridized carbons (Fsp3) is 0.400. The van der Waals surface area contributed by atoms with Crippen LogP contribution in [0.15, 0.2) is 34.7 Å². The molecule has 1 aromatic carbocycles. The number of fused-ring (bicyclic) bond motifs is 1. The van der Waals surface area contributed by atoms with Crippen LogP contribution in [0.5, 0.6) is 0 Å². The van der Waals surface area contributed by atoms with Crippen LogP contribution in [-0.4, -0.2) is 25.5 Å². The molecular formula is C15H18N2O2. The van der Waals surface area contributed by atoms with Crippen molar-refractivity contribution in [2.75, 3.05) is 19.6 Å². The Bertz CT molecular complexity index is 537. The number of furan rings is 1. The fourth-order valence-corrected chi connectivity index (χ4v) is 2.49. The third-order valence-corrected chi connectivity index (χ3v) is 3.58. The molecule has 0 spiro atoms. The van der Waals surface area contributed by atoms with Crippen LogP contribution in [0.4, 0.5) is 0 Å². The van der Waals surface area contributed by atoms with Crippen molar-refractivity contribution in [3.8, 4) is 0 Å². The van der Waals surface area contributed by atoms with Gasteiger partial charge in [-0.05, 0) is 25.1 Å². The smallest absolute Gasteiger partial charge is 0.224 e. The Hall–Kier alpha value is -1.81. The van der Waals surface area contributed by atoms with Crippen molar-refractivity contribution in [2.45, 2.75) is 12.8 Å². The molecule has 4 nitrogen and oxygen atoms in total. The van der Waals surface area contributed by atoms with Gasteiger partial charge in [0.2, 0.25) is 5.91 Å². The lowest BCUT2D eigenvalue weighted by molar-refractivity contribution is -0.124. The quantitative estimate of drug-likeness (QED) is 0.877. The summed E-state index contributed by atoms with van der Waals surface area (Å²) >= 11 is 0. The molecule has 1 aliphatic rings. The van der Waals surface area contributed by atoms with Crippen LogP contribution in [-0.2, 0) is 11.2 Å². The molecule has 1 unspecified atom stereocenters. The summed E-state index contributed by atoms with van der Waals surface area (Å²) in [7, 11) is 0. The van der Waals surface area contributed by atoms with Gasteiger partial charge in [0.15, 0.2) is 0 Å². The zero-order valence-corrected chi connectivity index (χ0v) is 10.8. The second-order valence-electron chi connectivity index (χ2n) is 4.98. The van der Waals surface area contributed by atoms with Crippen LogP contribution in [0.2, 0.25) is 0 Å². The molecule has 0 saturated carbocycles. The number of amides is 1. The van der Waals surface area contributed by atoms with Crippen molar-refractivity contribution in [3.63, 3.8) is 0 Å². The van der Waals surface area contributed by atoms with E-state index in [9.17, 15) is 4.79 Å². The van der Waals surface area contributed by atoms with Crippen LogP contribution in [0, 0.1) is 5.92 Å². The highest BCUT2D eigenvalue weighted by atomic mass is 16.3. The molecule has 2 aromatic rings. The van der Waals surface area contributed by atoms with E-state index >= 15 is 0 Å². The summed E-state index contributed by atoms with van der Waals surface area (Å²) in [5, 5.41) is 7.29. The summed E-state index contributed by atoms with van der Waals surface area (Å²) in [6.07, 6.45) is 1.68. The number of carbonyl (C=O) groups excluding carboxylic acids is 1. The molecule has 1 atom stereocenters. The predicted molar refractivity (Wildman–Crippen MR) is 73.9 cm³/mol. The first-order valence-corrected chi connectivity index (χ1v) is 6.79. The fourth-order valence-electron chi connectivity index (χ4n) is 2.49. The molecule has 1 fully saturated rings. The van der Waals surface area contributed by atoms with Crippen molar-refractivity contribution < 1.29 is 9.21 Å². The van der Waals surface area contributed by atoms with Gasteiger partial charge in [0.1, 0.15) is 11.3 Å². The van der Waals surface area contributed by atoms with Gasteiger partial charge in [-0.1, -0.05) is 18.2 Å². The predicted octanol–water partition coefficient (Wildman–Crippen LogP) is 1.70. The Balaban J connectivity index is 1.53. The van der Waals surface area contributed by atoms with Crippen molar-refractivity contribution in [1.29, 1.82) is 0 Å². The summed E-state index contributed by atoms with van der Waals surface area (Å²) in [5.41, 5.74) is 0.906. The lowest BCUT2D eigenvalue weighted by Crippen LogP contribution is -2.33. The highest BCUT2D eigenvalue weighted by molar-refractivity contribution is 5.79. The minimum absolute atomic E-state index is 0.135. The van der Waals surface area contributed by atoms with E-state index in [0.29, 0.717) is 6.54 Å². The van der Waals surface area contributed by atoms with Gasteiger partial charge in [-0.3, -0.25) is 4.79 Å². The summed E-state index contributed by atoms with van der Waals surface area (Å²) in [6, 6.07) is 9.99. The molecule has 1 saturated heterocycles. The zero-order chi connectivity index (χ0) is 13.1. The summed E-state index contributed by atoms with van der Waals surface area (Å²) in [4.78, 5) is 11.8. The van der Waals surface area contributed by atoms with E-state index < -0.39 is 0 Å². The Morgan fingerprint density at radius 3 is 3.11 bits per heavy atom. The molecular weight excluding hydrogens is 240 g/mol. The molecule has 2 N–H and O–H groups in total. The van der Waals surface area contributed by atoms with Crippen molar-refractivity contribution in [3.05, 3.63) is 36.1 Å². The van der Waals surface area contributed by atoms with Gasteiger partial charge in [-0.15, -0.1) is 0 Å². The van der Waals surface area contributed by atoms with Gasteiger partial charge in [0.25, 0.3) is 0 Å². The lowest BCUT2D eigenvalue weighted by Gasteiger charge is -2.08. The molecule has 100 valence electrons. The van der Waals surface area contributed by atoms with Gasteiger partial charge in [-0.2, -0.15) is 0 Å². The number of hydrogen-bond acceptors (Lipinski definition) is 3. The maximum absolute atomic E-state index is 11.8. The third kappa shape index (κ3) is 2.79. The van der Waals surface area contributed by atoms with Gasteiger partial charge in [0.05, 0.1) is 5.92 Å². The molecule has 2 heterocycles. The van der Waals surface area contributed by atoms with Crippen LogP contribution < -0.4 is 10.6 Å². The Morgan fingerprint density at radius 2 is 2.32 bits per heavy atom. The average Bonchev–Trinajstić information content (AvgIpc) is 3.07. The second-order valence-corrected chi connectivity index (χ2v) is 4.98. The molecule has 1 aliphatic heterocycles. The number of nitrogens with one attached hydrogen (secondary N) is 2. The number of hydrogen-bond donors (Lipinski definition) is 2. The topological polar surface area (TPSA) is 54.3 Å². The van der Waals surface area contributed by atoms with E-state index in [-0.39, 0.29) is 11.8 Å². The van der Waals surface area contributed by atoms with Gasteiger partial charge in [0, 0.05) is 24.9 Å². The first-order valence-electron chi connectivity index (χ1n) is 6.79. The summed E-state index contributed by atoms with van der Waals surface area (Å²) in [5.74, 6) is 1.21.